The molecule has 1 aliphatic heterocycles. The Labute approximate surface area is 229 Å². The van der Waals surface area contributed by atoms with Crippen molar-refractivity contribution in [2.75, 3.05) is 18.4 Å². The number of halogens is 3. The largest absolute Gasteiger partial charge is 0.416 e. The van der Waals surface area contributed by atoms with Gasteiger partial charge in [-0.15, -0.1) is 0 Å². The normalized spacial score (nSPS) is 14.5. The second-order valence-corrected chi connectivity index (χ2v) is 10.2. The highest BCUT2D eigenvalue weighted by Crippen LogP contribution is 2.34. The summed E-state index contributed by atoms with van der Waals surface area (Å²) in [5.74, 6) is 0.812. The van der Waals surface area contributed by atoms with E-state index >= 15 is 0 Å². The number of anilines is 2. The van der Waals surface area contributed by atoms with E-state index in [-0.39, 0.29) is 0 Å². The minimum Gasteiger partial charge on any atom is -0.338 e. The summed E-state index contributed by atoms with van der Waals surface area (Å²) >= 11 is 0. The number of H-pyrrole nitrogens is 1. The number of nitrogens with one attached hydrogen (secondary N) is 2. The summed E-state index contributed by atoms with van der Waals surface area (Å²) in [6.45, 7) is 4.23. The van der Waals surface area contributed by atoms with Gasteiger partial charge in [-0.2, -0.15) is 13.2 Å². The second-order valence-electron chi connectivity index (χ2n) is 10.2. The number of fused-ring (bicyclic) bond motifs is 1. The molecule has 0 spiro atoms. The van der Waals surface area contributed by atoms with Gasteiger partial charge in [0.1, 0.15) is 5.82 Å². The molecule has 6 rings (SSSR count). The zero-order valence-corrected chi connectivity index (χ0v) is 22.0. The molecule has 7 nitrogen and oxygen atoms in total. The minimum atomic E-state index is -4.45. The molecule has 0 bridgehead atoms. The Bertz CT molecular complexity index is 1640. The maximum Gasteiger partial charge on any atom is 0.416 e. The van der Waals surface area contributed by atoms with Gasteiger partial charge < -0.3 is 10.3 Å². The van der Waals surface area contributed by atoms with E-state index in [1.807, 2.05) is 43.3 Å². The van der Waals surface area contributed by atoms with Crippen molar-refractivity contribution in [1.29, 1.82) is 0 Å². The molecule has 0 amide bonds. The summed E-state index contributed by atoms with van der Waals surface area (Å²) in [6, 6.07) is 13.6. The van der Waals surface area contributed by atoms with Crippen molar-refractivity contribution in [3.05, 3.63) is 83.8 Å². The zero-order valence-electron chi connectivity index (χ0n) is 22.0. The van der Waals surface area contributed by atoms with Crippen molar-refractivity contribution in [3.8, 4) is 22.6 Å². The van der Waals surface area contributed by atoms with E-state index in [1.165, 1.54) is 18.6 Å². The van der Waals surface area contributed by atoms with Crippen molar-refractivity contribution < 1.29 is 13.2 Å². The van der Waals surface area contributed by atoms with Crippen LogP contribution in [-0.4, -0.2) is 42.9 Å². The number of pyridine rings is 1. The molecule has 2 aromatic carbocycles. The number of likely N-dealkylation sites (tertiary alicyclic amines) is 1. The predicted octanol–water partition coefficient (Wildman–Crippen LogP) is 7.14. The van der Waals surface area contributed by atoms with Gasteiger partial charge in [0.15, 0.2) is 0 Å². The number of rotatable bonds is 6. The Morgan fingerprint density at radius 2 is 1.80 bits per heavy atom. The van der Waals surface area contributed by atoms with E-state index in [9.17, 15) is 13.2 Å². The van der Waals surface area contributed by atoms with Gasteiger partial charge in [-0.25, -0.2) is 15.0 Å². The quantitative estimate of drug-likeness (QED) is 0.237. The van der Waals surface area contributed by atoms with Crippen molar-refractivity contribution in [2.45, 2.75) is 38.9 Å². The van der Waals surface area contributed by atoms with Crippen LogP contribution in [0, 0.1) is 6.92 Å². The molecule has 5 aromatic rings. The molecule has 0 aliphatic carbocycles. The Hall–Kier alpha value is -4.31. The number of benzene rings is 2. The topological polar surface area (TPSA) is 82.6 Å². The van der Waals surface area contributed by atoms with Crippen molar-refractivity contribution in [1.82, 2.24) is 29.8 Å². The Morgan fingerprint density at radius 1 is 0.950 bits per heavy atom. The first-order chi connectivity index (χ1) is 19.3. The smallest absolute Gasteiger partial charge is 0.338 e. The Morgan fingerprint density at radius 3 is 2.58 bits per heavy atom. The van der Waals surface area contributed by atoms with Gasteiger partial charge in [0, 0.05) is 41.9 Å². The second kappa shape index (κ2) is 10.7. The highest BCUT2D eigenvalue weighted by atomic mass is 19.4. The van der Waals surface area contributed by atoms with E-state index in [0.717, 1.165) is 54.0 Å². The number of hydrogen-bond acceptors (Lipinski definition) is 6. The maximum absolute atomic E-state index is 13.8. The maximum atomic E-state index is 13.8. The monoisotopic (exact) mass is 543 g/mol. The predicted molar refractivity (Wildman–Crippen MR) is 149 cm³/mol. The van der Waals surface area contributed by atoms with Gasteiger partial charge in [0.2, 0.25) is 5.95 Å². The molecule has 0 saturated carbocycles. The van der Waals surface area contributed by atoms with Crippen LogP contribution in [0.4, 0.5) is 24.8 Å². The van der Waals surface area contributed by atoms with Crippen molar-refractivity contribution >= 4 is 22.7 Å². The van der Waals surface area contributed by atoms with Crippen LogP contribution in [0.2, 0.25) is 0 Å². The fraction of sp³-hybridized carbons (Fsp3) is 0.267. The highest BCUT2D eigenvalue weighted by molar-refractivity contribution is 5.85. The van der Waals surface area contributed by atoms with E-state index in [4.69, 9.17) is 0 Å². The lowest BCUT2D eigenvalue weighted by Crippen LogP contribution is -2.29. The van der Waals surface area contributed by atoms with Crippen LogP contribution in [0.25, 0.3) is 33.7 Å². The number of aromatic amines is 1. The standard InChI is InChI=1S/C30H28F3N7/c1-19-12-26-27(16-25(19)39-29-35-9-7-24(38-29)21-6-5-8-34-17-21)37-28(36-26)22-13-20(14-23(15-22)30(31,32)33)18-40-10-3-2-4-11-40/h5-9,12-17H,2-4,10-11,18H2,1H3,(H,36,37)(H,35,38,39). The van der Waals surface area contributed by atoms with Gasteiger partial charge in [0.05, 0.1) is 22.3 Å². The number of aryl methyl sites for hydroxylation is 1. The summed E-state index contributed by atoms with van der Waals surface area (Å²) in [5.41, 5.74) is 5.01. The van der Waals surface area contributed by atoms with Gasteiger partial charge in [-0.3, -0.25) is 9.88 Å². The zero-order chi connectivity index (χ0) is 27.7. The average molecular weight is 544 g/mol. The molecule has 0 radical (unpaired) electrons. The van der Waals surface area contributed by atoms with Crippen LogP contribution in [0.15, 0.2) is 67.1 Å². The number of imidazole rings is 1. The molecule has 1 fully saturated rings. The molecule has 4 heterocycles. The van der Waals surface area contributed by atoms with E-state index < -0.39 is 11.7 Å². The van der Waals surface area contributed by atoms with Crippen LogP contribution in [0.3, 0.4) is 0 Å². The highest BCUT2D eigenvalue weighted by Gasteiger charge is 2.32. The number of hydrogen-bond donors (Lipinski definition) is 2. The van der Waals surface area contributed by atoms with Gasteiger partial charge in [0.25, 0.3) is 0 Å². The van der Waals surface area contributed by atoms with Gasteiger partial charge in [-0.1, -0.05) is 6.42 Å². The number of nitrogens with zero attached hydrogens (tertiary/aromatic N) is 5. The number of aromatic nitrogens is 5. The average Bonchev–Trinajstić information content (AvgIpc) is 3.36. The molecule has 204 valence electrons. The summed E-state index contributed by atoms with van der Waals surface area (Å²) in [5, 5.41) is 3.26. The van der Waals surface area contributed by atoms with Crippen LogP contribution < -0.4 is 5.32 Å². The first kappa shape index (κ1) is 25.9. The molecule has 10 heteroatoms. The van der Waals surface area contributed by atoms with Crippen LogP contribution in [0.5, 0.6) is 0 Å². The molecule has 1 saturated heterocycles. The van der Waals surface area contributed by atoms with E-state index in [0.29, 0.717) is 35.0 Å². The number of piperidine rings is 1. The first-order valence-corrected chi connectivity index (χ1v) is 13.3. The molecule has 0 atom stereocenters. The molecule has 2 N–H and O–H groups in total. The molecule has 3 aromatic heterocycles. The molecule has 0 unspecified atom stereocenters. The first-order valence-electron chi connectivity index (χ1n) is 13.3. The Balaban J connectivity index is 1.31. The third kappa shape index (κ3) is 5.67. The molecular weight excluding hydrogens is 515 g/mol. The van der Waals surface area contributed by atoms with E-state index in [1.54, 1.807) is 18.6 Å². The van der Waals surface area contributed by atoms with Crippen LogP contribution in [-0.2, 0) is 12.7 Å². The third-order valence-electron chi connectivity index (χ3n) is 7.14. The summed E-state index contributed by atoms with van der Waals surface area (Å²) in [6.07, 6.45) is 3.98. The molecule has 40 heavy (non-hydrogen) atoms. The van der Waals surface area contributed by atoms with Crippen molar-refractivity contribution in [3.63, 3.8) is 0 Å². The summed E-state index contributed by atoms with van der Waals surface area (Å²) in [4.78, 5) is 23.2. The number of alkyl halides is 3. The summed E-state index contributed by atoms with van der Waals surface area (Å²) in [7, 11) is 0. The lowest BCUT2D eigenvalue weighted by Gasteiger charge is -2.26. The van der Waals surface area contributed by atoms with Gasteiger partial charge in [-0.05, 0) is 92.5 Å². The molecular formula is C30H28F3N7. The van der Waals surface area contributed by atoms with Crippen LogP contribution >= 0.6 is 0 Å². The minimum absolute atomic E-state index is 0.396. The summed E-state index contributed by atoms with van der Waals surface area (Å²) < 4.78 is 41.5. The van der Waals surface area contributed by atoms with Gasteiger partial charge >= 0.3 is 6.18 Å². The fourth-order valence-electron chi connectivity index (χ4n) is 5.11. The third-order valence-corrected chi connectivity index (χ3v) is 7.14. The SMILES string of the molecule is Cc1cc2[nH]c(-c3cc(CN4CCCCC4)cc(C(F)(F)F)c3)nc2cc1Nc1nccc(-c2cccnc2)n1. The van der Waals surface area contributed by atoms with Crippen LogP contribution in [0.1, 0.15) is 36.0 Å². The lowest BCUT2D eigenvalue weighted by atomic mass is 10.0. The van der Waals surface area contributed by atoms with E-state index in [2.05, 4.69) is 35.1 Å². The Kier molecular flexibility index (Phi) is 6.93. The fourth-order valence-corrected chi connectivity index (χ4v) is 5.11. The molecule has 1 aliphatic rings. The van der Waals surface area contributed by atoms with Crippen molar-refractivity contribution in [2.24, 2.45) is 0 Å². The lowest BCUT2D eigenvalue weighted by molar-refractivity contribution is -0.137.